The molecule has 0 bridgehead atoms. The van der Waals surface area contributed by atoms with Crippen LogP contribution in [0, 0.1) is 0 Å². The molecule has 1 fully saturated rings. The summed E-state index contributed by atoms with van der Waals surface area (Å²) in [6, 6.07) is 8.40. The largest absolute Gasteiger partial charge is 0.480 e. The molecule has 1 aliphatic rings. The van der Waals surface area contributed by atoms with Crippen LogP contribution in [0.3, 0.4) is 0 Å². The molecule has 1 aliphatic heterocycles. The molecule has 120 valence electrons. The standard InChI is InChI=1S/C16H21NO4S/c1-15(2)12(13(18)19)17(16(3,4)22-15)14(20)21-10-11-8-6-5-7-9-11/h5-9,12H,10H2,1-4H3,(H,18,19). The minimum Gasteiger partial charge on any atom is -0.480 e. The Morgan fingerprint density at radius 1 is 1.23 bits per heavy atom. The van der Waals surface area contributed by atoms with Crippen molar-refractivity contribution in [2.45, 2.75) is 50.0 Å². The van der Waals surface area contributed by atoms with E-state index in [0.717, 1.165) is 5.56 Å². The van der Waals surface area contributed by atoms with Gasteiger partial charge in [0.1, 0.15) is 12.6 Å². The fourth-order valence-corrected chi connectivity index (χ4v) is 4.78. The van der Waals surface area contributed by atoms with Gasteiger partial charge in [0.05, 0.1) is 4.87 Å². The van der Waals surface area contributed by atoms with Crippen LogP contribution < -0.4 is 0 Å². The second-order valence-corrected chi connectivity index (χ2v) is 8.56. The first-order valence-electron chi connectivity index (χ1n) is 7.08. The SMILES string of the molecule is CC1(C)SC(C)(C)N(C(=O)OCc2ccccc2)C1C(=O)O. The van der Waals surface area contributed by atoms with E-state index < -0.39 is 27.7 Å². The van der Waals surface area contributed by atoms with Gasteiger partial charge in [0.15, 0.2) is 0 Å². The van der Waals surface area contributed by atoms with E-state index in [1.54, 1.807) is 0 Å². The summed E-state index contributed by atoms with van der Waals surface area (Å²) in [7, 11) is 0. The van der Waals surface area contributed by atoms with Crippen molar-refractivity contribution in [3.8, 4) is 0 Å². The lowest BCUT2D eigenvalue weighted by Crippen LogP contribution is -2.53. The van der Waals surface area contributed by atoms with E-state index in [1.165, 1.54) is 16.7 Å². The van der Waals surface area contributed by atoms with Gasteiger partial charge in [-0.1, -0.05) is 30.3 Å². The van der Waals surface area contributed by atoms with Gasteiger partial charge >= 0.3 is 12.1 Å². The minimum absolute atomic E-state index is 0.129. The van der Waals surface area contributed by atoms with Crippen molar-refractivity contribution in [2.24, 2.45) is 0 Å². The van der Waals surface area contributed by atoms with Crippen molar-refractivity contribution < 1.29 is 19.4 Å². The molecule has 2 rings (SSSR count). The Kier molecular flexibility index (Phi) is 4.42. The zero-order valence-corrected chi connectivity index (χ0v) is 14.0. The predicted octanol–water partition coefficient (Wildman–Crippen LogP) is 3.34. The fraction of sp³-hybridized carbons (Fsp3) is 0.500. The number of hydrogen-bond acceptors (Lipinski definition) is 4. The van der Waals surface area contributed by atoms with Gasteiger partial charge in [-0.3, -0.25) is 4.90 Å². The minimum atomic E-state index is -1.01. The Balaban J connectivity index is 2.17. The molecule has 0 aliphatic carbocycles. The Hall–Kier alpha value is -1.69. The molecule has 1 unspecified atom stereocenters. The van der Waals surface area contributed by atoms with E-state index in [1.807, 2.05) is 58.0 Å². The number of carbonyl (C=O) groups excluding carboxylic acids is 1. The molecular formula is C16H21NO4S. The van der Waals surface area contributed by atoms with Crippen LogP contribution in [-0.2, 0) is 16.1 Å². The number of rotatable bonds is 3. The molecule has 1 saturated heterocycles. The number of ether oxygens (including phenoxy) is 1. The molecule has 0 saturated carbocycles. The molecule has 1 atom stereocenters. The molecule has 0 aromatic heterocycles. The van der Waals surface area contributed by atoms with Crippen molar-refractivity contribution in [3.63, 3.8) is 0 Å². The summed E-state index contributed by atoms with van der Waals surface area (Å²) in [6.07, 6.45) is -0.598. The van der Waals surface area contributed by atoms with Gasteiger partial charge in [-0.15, -0.1) is 11.8 Å². The number of amides is 1. The second-order valence-electron chi connectivity index (χ2n) is 6.30. The number of carboxylic acids is 1. The Labute approximate surface area is 134 Å². The summed E-state index contributed by atoms with van der Waals surface area (Å²) in [5.41, 5.74) is 0.867. The Bertz CT molecular complexity index is 571. The normalized spacial score (nSPS) is 22.4. The number of nitrogens with zero attached hydrogens (tertiary/aromatic N) is 1. The van der Waals surface area contributed by atoms with Crippen LogP contribution in [-0.4, -0.2) is 37.7 Å². The lowest BCUT2D eigenvalue weighted by molar-refractivity contribution is -0.144. The van der Waals surface area contributed by atoms with Gasteiger partial charge in [0, 0.05) is 4.75 Å². The van der Waals surface area contributed by atoms with Crippen LogP contribution in [0.15, 0.2) is 30.3 Å². The topological polar surface area (TPSA) is 66.8 Å². The average molecular weight is 323 g/mol. The highest BCUT2D eigenvalue weighted by Crippen LogP contribution is 2.51. The number of aliphatic carboxylic acids is 1. The maximum Gasteiger partial charge on any atom is 0.412 e. The van der Waals surface area contributed by atoms with Gasteiger partial charge in [0.25, 0.3) is 0 Å². The van der Waals surface area contributed by atoms with Gasteiger partial charge in [-0.2, -0.15) is 0 Å². The molecule has 5 nitrogen and oxygen atoms in total. The third kappa shape index (κ3) is 3.21. The summed E-state index contributed by atoms with van der Waals surface area (Å²) in [5, 5.41) is 9.52. The highest BCUT2D eigenvalue weighted by atomic mass is 32.2. The number of benzene rings is 1. The summed E-state index contributed by atoms with van der Waals surface area (Å²) in [5.74, 6) is -1.01. The van der Waals surface area contributed by atoms with Gasteiger partial charge in [-0.05, 0) is 33.3 Å². The van der Waals surface area contributed by atoms with Crippen LogP contribution in [0.5, 0.6) is 0 Å². The summed E-state index contributed by atoms with van der Waals surface area (Å²) >= 11 is 1.46. The van der Waals surface area contributed by atoms with Crippen LogP contribution in [0.25, 0.3) is 0 Å². The smallest absolute Gasteiger partial charge is 0.412 e. The molecule has 1 amide bonds. The van der Waals surface area contributed by atoms with E-state index in [0.29, 0.717) is 0 Å². The van der Waals surface area contributed by atoms with Crippen LogP contribution in [0.4, 0.5) is 4.79 Å². The van der Waals surface area contributed by atoms with Gasteiger partial charge < -0.3 is 9.84 Å². The van der Waals surface area contributed by atoms with Crippen molar-refractivity contribution >= 4 is 23.8 Å². The fourth-order valence-electron chi connectivity index (χ4n) is 2.89. The molecule has 0 radical (unpaired) electrons. The van der Waals surface area contributed by atoms with Crippen molar-refractivity contribution in [1.29, 1.82) is 0 Å². The van der Waals surface area contributed by atoms with Crippen molar-refractivity contribution in [1.82, 2.24) is 4.90 Å². The first kappa shape index (κ1) is 16.7. The second kappa shape index (κ2) is 5.83. The third-order valence-corrected chi connectivity index (χ3v) is 5.09. The zero-order valence-electron chi connectivity index (χ0n) is 13.2. The number of carbonyl (C=O) groups is 2. The maximum atomic E-state index is 12.5. The molecule has 1 aromatic carbocycles. The lowest BCUT2D eigenvalue weighted by atomic mass is 10.0. The third-order valence-electron chi connectivity index (χ3n) is 3.65. The molecule has 6 heteroatoms. The van der Waals surface area contributed by atoms with Crippen LogP contribution in [0.1, 0.15) is 33.3 Å². The number of thioether (sulfide) groups is 1. The maximum absolute atomic E-state index is 12.5. The van der Waals surface area contributed by atoms with E-state index >= 15 is 0 Å². The lowest BCUT2D eigenvalue weighted by Gasteiger charge is -2.32. The molecule has 0 spiro atoms. The Morgan fingerprint density at radius 3 is 2.36 bits per heavy atom. The van der Waals surface area contributed by atoms with Gasteiger partial charge in [0.2, 0.25) is 0 Å². The van der Waals surface area contributed by atoms with Gasteiger partial charge in [-0.25, -0.2) is 9.59 Å². The molecule has 1 N–H and O–H groups in total. The molecule has 1 heterocycles. The van der Waals surface area contributed by atoms with Crippen molar-refractivity contribution in [3.05, 3.63) is 35.9 Å². The Morgan fingerprint density at radius 2 is 1.82 bits per heavy atom. The summed E-state index contributed by atoms with van der Waals surface area (Å²) in [6.45, 7) is 7.48. The molecular weight excluding hydrogens is 302 g/mol. The first-order chi connectivity index (χ1) is 10.1. The summed E-state index contributed by atoms with van der Waals surface area (Å²) in [4.78, 5) is 24.8. The highest BCUT2D eigenvalue weighted by Gasteiger charge is 2.57. The average Bonchev–Trinajstić information content (AvgIpc) is 2.61. The van der Waals surface area contributed by atoms with Crippen LogP contribution in [0.2, 0.25) is 0 Å². The number of hydrogen-bond donors (Lipinski definition) is 1. The van der Waals surface area contributed by atoms with E-state index in [9.17, 15) is 14.7 Å². The van der Waals surface area contributed by atoms with E-state index in [2.05, 4.69) is 0 Å². The summed E-state index contributed by atoms with van der Waals surface area (Å²) < 4.78 is 4.75. The predicted molar refractivity (Wildman–Crippen MR) is 85.6 cm³/mol. The zero-order chi connectivity index (χ0) is 16.5. The highest BCUT2D eigenvalue weighted by molar-refractivity contribution is 8.02. The first-order valence-corrected chi connectivity index (χ1v) is 7.90. The quantitative estimate of drug-likeness (QED) is 0.924. The molecule has 22 heavy (non-hydrogen) atoms. The monoisotopic (exact) mass is 323 g/mol. The van der Waals surface area contributed by atoms with Crippen LogP contribution >= 0.6 is 11.8 Å². The van der Waals surface area contributed by atoms with Crippen molar-refractivity contribution in [2.75, 3.05) is 0 Å². The van der Waals surface area contributed by atoms with E-state index in [-0.39, 0.29) is 6.61 Å². The molecule has 1 aromatic rings. The van der Waals surface area contributed by atoms with E-state index in [4.69, 9.17) is 4.74 Å². The number of carboxylic acid groups (broad SMARTS) is 1.